The zero-order chi connectivity index (χ0) is 19.5. The molecule has 1 fully saturated rings. The van der Waals surface area contributed by atoms with Crippen molar-refractivity contribution in [3.05, 3.63) is 35.4 Å². The molecule has 3 heteroatoms. The number of carbonyl (C=O) groups is 1. The summed E-state index contributed by atoms with van der Waals surface area (Å²) in [5.74, 6) is -0.227. The Balaban J connectivity index is 1.80. The van der Waals surface area contributed by atoms with Gasteiger partial charge in [-0.2, -0.15) is 5.26 Å². The lowest BCUT2D eigenvalue weighted by Crippen LogP contribution is -2.31. The van der Waals surface area contributed by atoms with Gasteiger partial charge in [-0.1, -0.05) is 58.1 Å². The number of benzene rings is 1. The molecule has 0 unspecified atom stereocenters. The summed E-state index contributed by atoms with van der Waals surface area (Å²) in [4.78, 5) is 12.4. The molecule has 3 nitrogen and oxygen atoms in total. The predicted octanol–water partition coefficient (Wildman–Crippen LogP) is 6.61. The summed E-state index contributed by atoms with van der Waals surface area (Å²) in [7, 11) is 0. The summed E-state index contributed by atoms with van der Waals surface area (Å²) in [5.41, 5.74) is 1.71. The van der Waals surface area contributed by atoms with Crippen LogP contribution in [0, 0.1) is 16.7 Å². The summed E-state index contributed by atoms with van der Waals surface area (Å²) < 4.78 is 5.73. The fourth-order valence-electron chi connectivity index (χ4n) is 3.98. The lowest BCUT2D eigenvalue weighted by atomic mass is 9.71. The number of hydrogen-bond donors (Lipinski definition) is 0. The number of aryl methyl sites for hydroxylation is 1. The standard InChI is InChI=1S/C24H35NO2/c1-3-5-7-8-16-24(19-25)17-14-22(15-18-24)27-23(26)21-12-10-20(11-13-21)9-6-4-2/h10-13,22H,3-9,14-18H2,1-2H3. The average Bonchev–Trinajstić information content (AvgIpc) is 2.71. The van der Waals surface area contributed by atoms with Gasteiger partial charge in [0.1, 0.15) is 6.10 Å². The van der Waals surface area contributed by atoms with Crippen LogP contribution >= 0.6 is 0 Å². The van der Waals surface area contributed by atoms with Crippen molar-refractivity contribution >= 4 is 5.97 Å². The van der Waals surface area contributed by atoms with Gasteiger partial charge >= 0.3 is 5.97 Å². The zero-order valence-corrected chi connectivity index (χ0v) is 17.1. The van der Waals surface area contributed by atoms with Crippen molar-refractivity contribution in [2.24, 2.45) is 5.41 Å². The number of carbonyl (C=O) groups excluding carboxylic acids is 1. The third-order valence-corrected chi connectivity index (χ3v) is 5.92. The highest BCUT2D eigenvalue weighted by atomic mass is 16.5. The van der Waals surface area contributed by atoms with Gasteiger partial charge in [-0.3, -0.25) is 0 Å². The number of hydrogen-bond acceptors (Lipinski definition) is 3. The van der Waals surface area contributed by atoms with Gasteiger partial charge in [0.25, 0.3) is 0 Å². The molecule has 148 valence electrons. The zero-order valence-electron chi connectivity index (χ0n) is 17.1. The van der Waals surface area contributed by atoms with Crippen LogP contribution in [0.2, 0.25) is 0 Å². The Morgan fingerprint density at radius 3 is 2.33 bits per heavy atom. The molecule has 0 heterocycles. The highest BCUT2D eigenvalue weighted by Crippen LogP contribution is 2.41. The first kappa shape index (κ1) is 21.5. The lowest BCUT2D eigenvalue weighted by Gasteiger charge is -2.34. The van der Waals surface area contributed by atoms with Crippen molar-refractivity contribution in [2.45, 2.75) is 97.0 Å². The van der Waals surface area contributed by atoms with Gasteiger partial charge in [0.2, 0.25) is 0 Å². The molecule has 0 atom stereocenters. The molecule has 1 aliphatic rings. The molecular formula is C24H35NO2. The fraction of sp³-hybridized carbons (Fsp3) is 0.667. The summed E-state index contributed by atoms with van der Waals surface area (Å²) in [6.45, 7) is 4.39. The van der Waals surface area contributed by atoms with E-state index in [0.717, 1.165) is 44.9 Å². The van der Waals surface area contributed by atoms with Crippen LogP contribution in [-0.4, -0.2) is 12.1 Å². The van der Waals surface area contributed by atoms with Crippen molar-refractivity contribution in [3.8, 4) is 6.07 Å². The van der Waals surface area contributed by atoms with Crippen LogP contribution in [0.3, 0.4) is 0 Å². The van der Waals surface area contributed by atoms with Gasteiger partial charge < -0.3 is 4.74 Å². The van der Waals surface area contributed by atoms with Crippen LogP contribution in [0.1, 0.15) is 100 Å². The van der Waals surface area contributed by atoms with Gasteiger partial charge in [-0.25, -0.2) is 4.79 Å². The van der Waals surface area contributed by atoms with Crippen molar-refractivity contribution < 1.29 is 9.53 Å². The van der Waals surface area contributed by atoms with Crippen molar-refractivity contribution in [2.75, 3.05) is 0 Å². The Labute approximate surface area is 165 Å². The minimum Gasteiger partial charge on any atom is -0.459 e. The van der Waals surface area contributed by atoms with Crippen LogP contribution < -0.4 is 0 Å². The van der Waals surface area contributed by atoms with E-state index in [1.807, 2.05) is 24.3 Å². The van der Waals surface area contributed by atoms with E-state index in [9.17, 15) is 10.1 Å². The third-order valence-electron chi connectivity index (χ3n) is 5.92. The van der Waals surface area contributed by atoms with Crippen LogP contribution in [0.4, 0.5) is 0 Å². The van der Waals surface area contributed by atoms with Crippen LogP contribution in [0.5, 0.6) is 0 Å². The van der Waals surface area contributed by atoms with E-state index >= 15 is 0 Å². The van der Waals surface area contributed by atoms with Crippen molar-refractivity contribution in [3.63, 3.8) is 0 Å². The predicted molar refractivity (Wildman–Crippen MR) is 110 cm³/mol. The van der Waals surface area contributed by atoms with Crippen LogP contribution in [0.15, 0.2) is 24.3 Å². The van der Waals surface area contributed by atoms with Gasteiger partial charge in [-0.15, -0.1) is 0 Å². The van der Waals surface area contributed by atoms with E-state index < -0.39 is 0 Å². The lowest BCUT2D eigenvalue weighted by molar-refractivity contribution is 0.0105. The number of nitrogens with zero attached hydrogens (tertiary/aromatic N) is 1. The quantitative estimate of drug-likeness (QED) is 0.344. The number of esters is 1. The molecule has 1 aliphatic carbocycles. The molecule has 0 aliphatic heterocycles. The first-order valence-electron chi connectivity index (χ1n) is 10.8. The first-order chi connectivity index (χ1) is 13.1. The molecule has 1 aromatic rings. The van der Waals surface area contributed by atoms with Gasteiger partial charge in [-0.05, 0) is 62.6 Å². The highest BCUT2D eigenvalue weighted by molar-refractivity contribution is 5.89. The molecule has 0 radical (unpaired) electrons. The topological polar surface area (TPSA) is 50.1 Å². The minimum atomic E-state index is -0.227. The maximum Gasteiger partial charge on any atom is 0.338 e. The second-order valence-corrected chi connectivity index (χ2v) is 8.11. The van der Waals surface area contributed by atoms with E-state index in [1.165, 1.54) is 37.7 Å². The Hall–Kier alpha value is -1.82. The molecule has 27 heavy (non-hydrogen) atoms. The minimum absolute atomic E-state index is 0.0469. The molecular weight excluding hydrogens is 334 g/mol. The summed E-state index contributed by atoms with van der Waals surface area (Å²) in [6, 6.07) is 10.4. The average molecular weight is 370 g/mol. The third kappa shape index (κ3) is 6.69. The van der Waals surface area contributed by atoms with E-state index in [2.05, 4.69) is 19.9 Å². The number of unbranched alkanes of at least 4 members (excludes halogenated alkanes) is 4. The maximum absolute atomic E-state index is 12.4. The summed E-state index contributed by atoms with van der Waals surface area (Å²) >= 11 is 0. The van der Waals surface area contributed by atoms with E-state index in [0.29, 0.717) is 5.56 Å². The Morgan fingerprint density at radius 1 is 1.07 bits per heavy atom. The Kier molecular flexibility index (Phi) is 8.85. The molecule has 0 spiro atoms. The Morgan fingerprint density at radius 2 is 1.74 bits per heavy atom. The molecule has 1 saturated carbocycles. The highest BCUT2D eigenvalue weighted by Gasteiger charge is 2.36. The summed E-state index contributed by atoms with van der Waals surface area (Å²) in [5, 5.41) is 9.67. The van der Waals surface area contributed by atoms with E-state index in [1.54, 1.807) is 0 Å². The number of nitriles is 1. The van der Waals surface area contributed by atoms with Gasteiger partial charge in [0, 0.05) is 0 Å². The second kappa shape index (κ2) is 11.1. The molecule has 0 saturated heterocycles. The molecule has 0 amide bonds. The number of rotatable bonds is 10. The SMILES string of the molecule is CCCCCCC1(C#N)CCC(OC(=O)c2ccc(CCCC)cc2)CC1. The second-order valence-electron chi connectivity index (χ2n) is 8.11. The van der Waals surface area contributed by atoms with Gasteiger partial charge in [0.15, 0.2) is 0 Å². The molecule has 2 rings (SSSR count). The van der Waals surface area contributed by atoms with E-state index in [4.69, 9.17) is 4.74 Å². The Bertz CT molecular complexity index is 606. The molecule has 0 N–H and O–H groups in total. The van der Waals surface area contributed by atoms with Gasteiger partial charge in [0.05, 0.1) is 17.0 Å². The van der Waals surface area contributed by atoms with Crippen LogP contribution in [0.25, 0.3) is 0 Å². The number of ether oxygens (including phenoxy) is 1. The summed E-state index contributed by atoms with van der Waals surface area (Å²) in [6.07, 6.45) is 12.5. The van der Waals surface area contributed by atoms with E-state index in [-0.39, 0.29) is 17.5 Å². The normalized spacial score (nSPS) is 22.2. The monoisotopic (exact) mass is 369 g/mol. The fourth-order valence-corrected chi connectivity index (χ4v) is 3.98. The van der Waals surface area contributed by atoms with Crippen molar-refractivity contribution in [1.82, 2.24) is 0 Å². The molecule has 0 bridgehead atoms. The largest absolute Gasteiger partial charge is 0.459 e. The van der Waals surface area contributed by atoms with Crippen molar-refractivity contribution in [1.29, 1.82) is 5.26 Å². The first-order valence-corrected chi connectivity index (χ1v) is 10.8. The van der Waals surface area contributed by atoms with Crippen LogP contribution in [-0.2, 0) is 11.2 Å². The molecule has 0 aromatic heterocycles. The molecule has 1 aromatic carbocycles. The maximum atomic E-state index is 12.4. The smallest absolute Gasteiger partial charge is 0.338 e.